The van der Waals surface area contributed by atoms with Crippen LogP contribution in [0.5, 0.6) is 5.75 Å². The third-order valence-electron chi connectivity index (χ3n) is 5.64. The molecule has 0 unspecified atom stereocenters. The molecule has 0 spiro atoms. The molecule has 4 rings (SSSR count). The van der Waals surface area contributed by atoms with E-state index >= 15 is 0 Å². The molecule has 3 heterocycles. The van der Waals surface area contributed by atoms with Gasteiger partial charge in [0.15, 0.2) is 0 Å². The molecule has 2 aromatic rings. The van der Waals surface area contributed by atoms with Crippen LogP contribution in [0, 0.1) is 13.8 Å². The molecule has 0 atom stereocenters. The third kappa shape index (κ3) is 5.08. The number of nitrogens with zero attached hydrogens (tertiary/aromatic N) is 4. The Balaban J connectivity index is 0.00000240. The molecule has 0 bridgehead atoms. The second-order valence-electron chi connectivity index (χ2n) is 7.88. The zero-order chi connectivity index (χ0) is 19.5. The summed E-state index contributed by atoms with van der Waals surface area (Å²) in [6, 6.07) is 6.14. The van der Waals surface area contributed by atoms with Crippen molar-refractivity contribution in [2.45, 2.75) is 52.1 Å². The van der Waals surface area contributed by atoms with Gasteiger partial charge in [-0.2, -0.15) is 0 Å². The fourth-order valence-electron chi connectivity index (χ4n) is 4.23. The lowest BCUT2D eigenvalue weighted by molar-refractivity contribution is -0.132. The van der Waals surface area contributed by atoms with Crippen LogP contribution in [0.2, 0.25) is 0 Å². The number of hydrogen-bond donors (Lipinski definition) is 1. The number of likely N-dealkylation sites (tertiary alicyclic amines) is 1. The maximum absolute atomic E-state index is 12.6. The number of nitrogens with one attached hydrogen (secondary N) is 1. The molecule has 7 nitrogen and oxygen atoms in total. The van der Waals surface area contributed by atoms with Crippen LogP contribution in [0.15, 0.2) is 18.2 Å². The number of rotatable bonds is 5. The monoisotopic (exact) mass is 419 g/mol. The topological polar surface area (TPSA) is 72.3 Å². The van der Waals surface area contributed by atoms with Crippen molar-refractivity contribution in [3.05, 3.63) is 41.0 Å². The SMILES string of the molecule is Cc1cc(C)cc(OCCC(=O)N2CCC(c3nnc4n3CCNC4)CC2)c1.Cl. The molecule has 1 aromatic carbocycles. The lowest BCUT2D eigenvalue weighted by Crippen LogP contribution is -2.39. The Hall–Kier alpha value is -2.12. The van der Waals surface area contributed by atoms with E-state index < -0.39 is 0 Å². The van der Waals surface area contributed by atoms with Crippen LogP contribution in [-0.4, -0.2) is 51.8 Å². The zero-order valence-corrected chi connectivity index (χ0v) is 18.0. The van der Waals surface area contributed by atoms with E-state index in [4.69, 9.17) is 4.74 Å². The number of halogens is 1. The fourth-order valence-corrected chi connectivity index (χ4v) is 4.23. The van der Waals surface area contributed by atoms with Gasteiger partial charge < -0.3 is 19.5 Å². The van der Waals surface area contributed by atoms with Crippen LogP contribution in [-0.2, 0) is 17.9 Å². The van der Waals surface area contributed by atoms with E-state index in [0.29, 0.717) is 18.9 Å². The Bertz CT molecular complexity index is 825. The fraction of sp³-hybridized carbons (Fsp3) is 0.571. The number of aryl methyl sites for hydroxylation is 2. The maximum Gasteiger partial charge on any atom is 0.225 e. The van der Waals surface area contributed by atoms with Gasteiger partial charge in [-0.25, -0.2) is 0 Å². The molecule has 1 fully saturated rings. The molecule has 0 aliphatic carbocycles. The summed E-state index contributed by atoms with van der Waals surface area (Å²) in [6.07, 6.45) is 2.33. The summed E-state index contributed by atoms with van der Waals surface area (Å²) in [5, 5.41) is 12.1. The lowest BCUT2D eigenvalue weighted by Gasteiger charge is -2.32. The number of carbonyl (C=O) groups excluding carboxylic acids is 1. The van der Waals surface area contributed by atoms with Crippen molar-refractivity contribution in [3.63, 3.8) is 0 Å². The Labute approximate surface area is 178 Å². The summed E-state index contributed by atoms with van der Waals surface area (Å²) in [7, 11) is 0. The molecule has 1 amide bonds. The molecule has 1 saturated heterocycles. The minimum atomic E-state index is 0. The molecule has 1 N–H and O–H groups in total. The van der Waals surface area contributed by atoms with Crippen molar-refractivity contribution in [3.8, 4) is 5.75 Å². The average Bonchev–Trinajstić information content (AvgIpc) is 3.11. The van der Waals surface area contributed by atoms with Crippen LogP contribution < -0.4 is 10.1 Å². The van der Waals surface area contributed by atoms with Crippen LogP contribution >= 0.6 is 12.4 Å². The molecule has 0 radical (unpaired) electrons. The summed E-state index contributed by atoms with van der Waals surface area (Å²) in [4.78, 5) is 14.5. The molecule has 158 valence electrons. The second kappa shape index (κ2) is 9.59. The van der Waals surface area contributed by atoms with E-state index in [-0.39, 0.29) is 18.3 Å². The summed E-state index contributed by atoms with van der Waals surface area (Å²) in [5.41, 5.74) is 2.35. The van der Waals surface area contributed by atoms with Gasteiger partial charge in [0.25, 0.3) is 0 Å². The van der Waals surface area contributed by atoms with Crippen LogP contribution in [0.4, 0.5) is 0 Å². The number of ether oxygens (including phenoxy) is 1. The Morgan fingerprint density at radius 3 is 2.59 bits per heavy atom. The highest BCUT2D eigenvalue weighted by Gasteiger charge is 2.28. The molecular formula is C21H30ClN5O2. The quantitative estimate of drug-likeness (QED) is 0.806. The number of fused-ring (bicyclic) bond motifs is 1. The van der Waals surface area contributed by atoms with E-state index in [2.05, 4.69) is 40.0 Å². The summed E-state index contributed by atoms with van der Waals surface area (Å²) < 4.78 is 8.06. The van der Waals surface area contributed by atoms with Crippen LogP contribution in [0.3, 0.4) is 0 Å². The first kappa shape index (κ1) is 21.6. The van der Waals surface area contributed by atoms with Gasteiger partial charge >= 0.3 is 0 Å². The molecule has 1 aromatic heterocycles. The van der Waals surface area contributed by atoms with Gasteiger partial charge in [0, 0.05) is 32.1 Å². The maximum atomic E-state index is 12.6. The Morgan fingerprint density at radius 1 is 1.14 bits per heavy atom. The zero-order valence-electron chi connectivity index (χ0n) is 17.2. The molecule has 2 aliphatic rings. The highest BCUT2D eigenvalue weighted by atomic mass is 35.5. The van der Waals surface area contributed by atoms with Gasteiger partial charge in [-0.15, -0.1) is 22.6 Å². The number of aromatic nitrogens is 3. The number of carbonyl (C=O) groups is 1. The molecule has 0 saturated carbocycles. The van der Waals surface area contributed by atoms with Crippen molar-refractivity contribution in [2.75, 3.05) is 26.2 Å². The van der Waals surface area contributed by atoms with Crippen molar-refractivity contribution < 1.29 is 9.53 Å². The minimum Gasteiger partial charge on any atom is -0.493 e. The van der Waals surface area contributed by atoms with Crippen LogP contribution in [0.1, 0.15) is 48.0 Å². The minimum absolute atomic E-state index is 0. The van der Waals surface area contributed by atoms with Crippen LogP contribution in [0.25, 0.3) is 0 Å². The predicted molar refractivity (Wildman–Crippen MR) is 114 cm³/mol. The van der Waals surface area contributed by atoms with Gasteiger partial charge in [0.05, 0.1) is 19.6 Å². The standard InChI is InChI=1S/C21H29N5O2.ClH/c1-15-11-16(2)13-18(12-15)28-10-5-20(27)25-7-3-17(4-8-25)21-24-23-19-14-22-6-9-26(19)21;/h11-13,17,22H,3-10,14H2,1-2H3;1H. The molecule has 8 heteroatoms. The Kier molecular flexibility index (Phi) is 7.14. The summed E-state index contributed by atoms with van der Waals surface area (Å²) in [5.74, 6) is 3.55. The van der Waals surface area contributed by atoms with Gasteiger partial charge in [0.2, 0.25) is 5.91 Å². The summed E-state index contributed by atoms with van der Waals surface area (Å²) in [6.45, 7) is 8.80. The average molecular weight is 420 g/mol. The van der Waals surface area contributed by atoms with Crippen molar-refractivity contribution in [1.29, 1.82) is 0 Å². The first-order chi connectivity index (χ1) is 13.6. The highest BCUT2D eigenvalue weighted by molar-refractivity contribution is 5.85. The molecule has 29 heavy (non-hydrogen) atoms. The number of benzene rings is 1. The Morgan fingerprint density at radius 2 is 1.86 bits per heavy atom. The molecule has 2 aliphatic heterocycles. The van der Waals surface area contributed by atoms with Gasteiger partial charge in [0.1, 0.15) is 17.4 Å². The summed E-state index contributed by atoms with van der Waals surface area (Å²) >= 11 is 0. The molecular weight excluding hydrogens is 390 g/mol. The first-order valence-corrected chi connectivity index (χ1v) is 10.2. The van der Waals surface area contributed by atoms with E-state index in [9.17, 15) is 4.79 Å². The smallest absolute Gasteiger partial charge is 0.225 e. The van der Waals surface area contributed by atoms with Crippen molar-refractivity contribution >= 4 is 18.3 Å². The van der Waals surface area contributed by atoms with Gasteiger partial charge in [-0.05, 0) is 49.9 Å². The highest BCUT2D eigenvalue weighted by Crippen LogP contribution is 2.28. The van der Waals surface area contributed by atoms with Gasteiger partial charge in [-0.1, -0.05) is 6.07 Å². The number of piperidine rings is 1. The van der Waals surface area contributed by atoms with Gasteiger partial charge in [-0.3, -0.25) is 4.79 Å². The number of hydrogen-bond acceptors (Lipinski definition) is 5. The normalized spacial score (nSPS) is 16.8. The first-order valence-electron chi connectivity index (χ1n) is 10.2. The number of amides is 1. The lowest BCUT2D eigenvalue weighted by atomic mass is 9.95. The van der Waals surface area contributed by atoms with E-state index in [1.54, 1.807) is 0 Å². The van der Waals surface area contributed by atoms with Crippen molar-refractivity contribution in [2.24, 2.45) is 0 Å². The van der Waals surface area contributed by atoms with Crippen molar-refractivity contribution in [1.82, 2.24) is 25.0 Å². The van der Waals surface area contributed by atoms with E-state index in [0.717, 1.165) is 63.0 Å². The second-order valence-corrected chi connectivity index (χ2v) is 7.88. The third-order valence-corrected chi connectivity index (χ3v) is 5.64. The van der Waals surface area contributed by atoms with E-state index in [1.807, 2.05) is 17.0 Å². The van der Waals surface area contributed by atoms with E-state index in [1.165, 1.54) is 11.1 Å². The largest absolute Gasteiger partial charge is 0.493 e. The predicted octanol–water partition coefficient (Wildman–Crippen LogP) is 2.60.